The first-order chi connectivity index (χ1) is 9.69. The van der Waals surface area contributed by atoms with Crippen LogP contribution in [0.15, 0.2) is 31.0 Å². The van der Waals surface area contributed by atoms with Gasteiger partial charge in [0.25, 0.3) is 0 Å². The molecule has 2 rings (SSSR count). The second-order valence-corrected chi connectivity index (χ2v) is 4.48. The van der Waals surface area contributed by atoms with E-state index in [1.165, 1.54) is 6.33 Å². The Morgan fingerprint density at radius 3 is 2.90 bits per heavy atom. The van der Waals surface area contributed by atoms with Gasteiger partial charge in [-0.3, -0.25) is 4.79 Å². The van der Waals surface area contributed by atoms with Crippen LogP contribution in [0.1, 0.15) is 20.3 Å². The number of aromatic nitrogens is 4. The lowest BCUT2D eigenvalue weighted by atomic mass is 10.2. The van der Waals surface area contributed by atoms with Gasteiger partial charge in [0.1, 0.15) is 12.7 Å². The Hall–Kier alpha value is -2.28. The molecule has 2 N–H and O–H groups in total. The lowest BCUT2D eigenvalue weighted by Gasteiger charge is -2.11. The van der Waals surface area contributed by atoms with Crippen LogP contribution in [0, 0.1) is 0 Å². The van der Waals surface area contributed by atoms with Gasteiger partial charge in [0.05, 0.1) is 18.4 Å². The van der Waals surface area contributed by atoms with Crippen LogP contribution in [-0.2, 0) is 4.79 Å². The smallest absolute Gasteiger partial charge is 0.238 e. The number of hydrogen-bond donors (Lipinski definition) is 2. The fourth-order valence-corrected chi connectivity index (χ4v) is 1.54. The van der Waals surface area contributed by atoms with Crippen LogP contribution < -0.4 is 10.6 Å². The van der Waals surface area contributed by atoms with Gasteiger partial charge in [-0.2, -0.15) is 5.10 Å². The minimum atomic E-state index is -0.0828. The number of anilines is 1. The monoisotopic (exact) mass is 274 g/mol. The molecule has 1 amide bonds. The molecule has 7 heteroatoms. The lowest BCUT2D eigenvalue weighted by molar-refractivity contribution is -0.115. The molecule has 7 nitrogen and oxygen atoms in total. The standard InChI is InChI=1S/C13H18N6O/c1-3-10(2)15-7-13(20)18-11-4-5-12(16-6-11)19-9-14-8-17-19/h4-6,8-10,15H,3,7H2,1-2H3,(H,18,20). The van der Waals surface area contributed by atoms with Crippen molar-refractivity contribution in [3.05, 3.63) is 31.0 Å². The van der Waals surface area contributed by atoms with Gasteiger partial charge in [-0.15, -0.1) is 0 Å². The summed E-state index contributed by atoms with van der Waals surface area (Å²) in [5.74, 6) is 0.568. The van der Waals surface area contributed by atoms with Crippen molar-refractivity contribution < 1.29 is 4.79 Å². The summed E-state index contributed by atoms with van der Waals surface area (Å²) < 4.78 is 1.55. The first kappa shape index (κ1) is 14.1. The maximum Gasteiger partial charge on any atom is 0.238 e. The van der Waals surface area contributed by atoms with Crippen LogP contribution in [0.4, 0.5) is 5.69 Å². The molecular weight excluding hydrogens is 256 g/mol. The van der Waals surface area contributed by atoms with E-state index in [2.05, 4.69) is 32.6 Å². The maximum atomic E-state index is 11.7. The fraction of sp³-hybridized carbons (Fsp3) is 0.385. The van der Waals surface area contributed by atoms with Crippen molar-refractivity contribution in [1.29, 1.82) is 0 Å². The number of nitrogens with one attached hydrogen (secondary N) is 2. The van der Waals surface area contributed by atoms with Gasteiger partial charge >= 0.3 is 0 Å². The topological polar surface area (TPSA) is 84.7 Å². The average Bonchev–Trinajstić information content (AvgIpc) is 2.99. The molecule has 1 unspecified atom stereocenters. The summed E-state index contributed by atoms with van der Waals surface area (Å²) in [6.45, 7) is 4.41. The summed E-state index contributed by atoms with van der Waals surface area (Å²) in [5, 5.41) is 9.90. The molecule has 2 aromatic heterocycles. The third-order valence-corrected chi connectivity index (χ3v) is 2.91. The molecule has 20 heavy (non-hydrogen) atoms. The number of nitrogens with zero attached hydrogens (tertiary/aromatic N) is 4. The van der Waals surface area contributed by atoms with Crippen LogP contribution in [0.3, 0.4) is 0 Å². The largest absolute Gasteiger partial charge is 0.324 e. The van der Waals surface area contributed by atoms with E-state index in [1.807, 2.05) is 6.92 Å². The quantitative estimate of drug-likeness (QED) is 0.820. The van der Waals surface area contributed by atoms with Crippen molar-refractivity contribution in [2.24, 2.45) is 0 Å². The molecule has 0 saturated heterocycles. The van der Waals surface area contributed by atoms with Gasteiger partial charge in [-0.05, 0) is 25.5 Å². The van der Waals surface area contributed by atoms with Crippen molar-refractivity contribution in [1.82, 2.24) is 25.1 Å². The molecule has 0 aliphatic heterocycles. The van der Waals surface area contributed by atoms with Crippen molar-refractivity contribution in [3.63, 3.8) is 0 Å². The lowest BCUT2D eigenvalue weighted by Crippen LogP contribution is -2.33. The van der Waals surface area contributed by atoms with Gasteiger partial charge in [0.15, 0.2) is 5.82 Å². The summed E-state index contributed by atoms with van der Waals surface area (Å²) >= 11 is 0. The molecule has 0 aliphatic rings. The molecule has 0 aromatic carbocycles. The van der Waals surface area contributed by atoms with E-state index in [0.29, 0.717) is 24.1 Å². The molecule has 0 spiro atoms. The van der Waals surface area contributed by atoms with Gasteiger partial charge in [0, 0.05) is 6.04 Å². The van der Waals surface area contributed by atoms with Crippen LogP contribution in [0.5, 0.6) is 0 Å². The predicted molar refractivity (Wildman–Crippen MR) is 75.5 cm³/mol. The predicted octanol–water partition coefficient (Wildman–Crippen LogP) is 0.989. The number of rotatable bonds is 6. The number of carbonyl (C=O) groups is 1. The molecule has 1 atom stereocenters. The van der Waals surface area contributed by atoms with Crippen LogP contribution >= 0.6 is 0 Å². The van der Waals surface area contributed by atoms with Gasteiger partial charge in [-0.25, -0.2) is 14.6 Å². The van der Waals surface area contributed by atoms with Gasteiger partial charge in [0.2, 0.25) is 5.91 Å². The highest BCUT2D eigenvalue weighted by atomic mass is 16.1. The minimum Gasteiger partial charge on any atom is -0.324 e. The summed E-state index contributed by atoms with van der Waals surface area (Å²) in [7, 11) is 0. The second kappa shape index (κ2) is 6.76. The second-order valence-electron chi connectivity index (χ2n) is 4.48. The van der Waals surface area contributed by atoms with E-state index in [1.54, 1.807) is 29.3 Å². The van der Waals surface area contributed by atoms with E-state index in [0.717, 1.165) is 6.42 Å². The van der Waals surface area contributed by atoms with E-state index in [-0.39, 0.29) is 5.91 Å². The Bertz CT molecular complexity index is 536. The summed E-state index contributed by atoms with van der Waals surface area (Å²) in [6, 6.07) is 3.88. The molecule has 0 aliphatic carbocycles. The summed E-state index contributed by atoms with van der Waals surface area (Å²) in [4.78, 5) is 19.8. The zero-order valence-electron chi connectivity index (χ0n) is 11.6. The molecular formula is C13H18N6O. The van der Waals surface area contributed by atoms with Crippen molar-refractivity contribution in [2.75, 3.05) is 11.9 Å². The first-order valence-electron chi connectivity index (χ1n) is 6.53. The van der Waals surface area contributed by atoms with E-state index in [9.17, 15) is 4.79 Å². The molecule has 0 fully saturated rings. The third-order valence-electron chi connectivity index (χ3n) is 2.91. The molecule has 106 valence electrons. The highest BCUT2D eigenvalue weighted by molar-refractivity contribution is 5.92. The van der Waals surface area contributed by atoms with E-state index < -0.39 is 0 Å². The van der Waals surface area contributed by atoms with E-state index in [4.69, 9.17) is 0 Å². The molecule has 2 heterocycles. The summed E-state index contributed by atoms with van der Waals surface area (Å²) in [5.41, 5.74) is 0.657. The van der Waals surface area contributed by atoms with Crippen molar-refractivity contribution >= 4 is 11.6 Å². The first-order valence-corrected chi connectivity index (χ1v) is 6.53. The maximum absolute atomic E-state index is 11.7. The average molecular weight is 274 g/mol. The zero-order chi connectivity index (χ0) is 14.4. The highest BCUT2D eigenvalue weighted by Gasteiger charge is 2.05. The Kier molecular flexibility index (Phi) is 4.78. The Morgan fingerprint density at radius 1 is 1.45 bits per heavy atom. The molecule has 0 radical (unpaired) electrons. The number of pyridine rings is 1. The van der Waals surface area contributed by atoms with Gasteiger partial charge < -0.3 is 10.6 Å². The van der Waals surface area contributed by atoms with Crippen molar-refractivity contribution in [2.45, 2.75) is 26.3 Å². The fourth-order valence-electron chi connectivity index (χ4n) is 1.54. The Balaban J connectivity index is 1.89. The summed E-state index contributed by atoms with van der Waals surface area (Å²) in [6.07, 6.45) is 5.59. The highest BCUT2D eigenvalue weighted by Crippen LogP contribution is 2.08. The van der Waals surface area contributed by atoms with Crippen LogP contribution in [0.25, 0.3) is 5.82 Å². The zero-order valence-corrected chi connectivity index (χ0v) is 11.6. The van der Waals surface area contributed by atoms with Crippen LogP contribution in [0.2, 0.25) is 0 Å². The molecule has 2 aromatic rings. The Labute approximate surface area is 117 Å². The van der Waals surface area contributed by atoms with E-state index >= 15 is 0 Å². The number of carbonyl (C=O) groups excluding carboxylic acids is 1. The third kappa shape index (κ3) is 3.86. The van der Waals surface area contributed by atoms with Gasteiger partial charge in [-0.1, -0.05) is 6.92 Å². The number of hydrogen-bond acceptors (Lipinski definition) is 5. The minimum absolute atomic E-state index is 0.0828. The molecule has 0 bridgehead atoms. The normalized spacial score (nSPS) is 12.1. The van der Waals surface area contributed by atoms with Crippen molar-refractivity contribution in [3.8, 4) is 5.82 Å². The van der Waals surface area contributed by atoms with Crippen LogP contribution in [-0.4, -0.2) is 38.2 Å². The Morgan fingerprint density at radius 2 is 2.30 bits per heavy atom. The molecule has 0 saturated carbocycles. The SMILES string of the molecule is CCC(C)NCC(=O)Nc1ccc(-n2cncn2)nc1. The number of amides is 1.